The Morgan fingerprint density at radius 3 is 2.96 bits per heavy atom. The maximum Gasteiger partial charge on any atom is 0.323 e. The molecule has 8 nitrogen and oxygen atoms in total. The number of aromatic nitrogens is 2. The molecule has 26 heavy (non-hydrogen) atoms. The molecule has 0 saturated carbocycles. The lowest BCUT2D eigenvalue weighted by Gasteiger charge is -2.22. The fourth-order valence-corrected chi connectivity index (χ4v) is 3.13. The van der Waals surface area contributed by atoms with Crippen LogP contribution in [0.1, 0.15) is 5.69 Å². The molecule has 1 aromatic carbocycles. The van der Waals surface area contributed by atoms with Crippen molar-refractivity contribution in [1.29, 1.82) is 0 Å². The van der Waals surface area contributed by atoms with Crippen molar-refractivity contribution in [2.75, 3.05) is 38.7 Å². The van der Waals surface area contributed by atoms with Gasteiger partial charge in [-0.05, 0) is 13.0 Å². The summed E-state index contributed by atoms with van der Waals surface area (Å²) in [5.41, 5.74) is 2.45. The SMILES string of the molecule is COc1ccccc1-c1c(C)nn(C)c1NC(=O)N1CCOC[C@@H](O)C1. The molecule has 0 bridgehead atoms. The van der Waals surface area contributed by atoms with Crippen molar-refractivity contribution in [3.63, 3.8) is 0 Å². The first-order valence-electron chi connectivity index (χ1n) is 8.50. The van der Waals surface area contributed by atoms with Crippen LogP contribution in [-0.2, 0) is 11.8 Å². The van der Waals surface area contributed by atoms with Gasteiger partial charge in [0.05, 0.1) is 44.2 Å². The quantitative estimate of drug-likeness (QED) is 0.868. The predicted molar refractivity (Wildman–Crippen MR) is 97.4 cm³/mol. The summed E-state index contributed by atoms with van der Waals surface area (Å²) >= 11 is 0. The predicted octanol–water partition coefficient (Wildman–Crippen LogP) is 1.63. The second-order valence-corrected chi connectivity index (χ2v) is 6.24. The third kappa shape index (κ3) is 3.66. The molecule has 3 rings (SSSR count). The number of urea groups is 1. The van der Waals surface area contributed by atoms with Crippen molar-refractivity contribution in [2.24, 2.45) is 7.05 Å². The second kappa shape index (κ2) is 7.76. The van der Waals surface area contributed by atoms with Crippen LogP contribution in [0.4, 0.5) is 10.6 Å². The molecule has 1 aliphatic rings. The highest BCUT2D eigenvalue weighted by molar-refractivity contribution is 5.94. The Morgan fingerprint density at radius 1 is 1.42 bits per heavy atom. The van der Waals surface area contributed by atoms with E-state index in [0.717, 1.165) is 16.8 Å². The molecule has 2 heterocycles. The van der Waals surface area contributed by atoms with Crippen molar-refractivity contribution in [3.8, 4) is 16.9 Å². The fourth-order valence-electron chi connectivity index (χ4n) is 3.13. The molecule has 140 valence electrons. The number of carbonyl (C=O) groups excluding carboxylic acids is 1. The first-order valence-corrected chi connectivity index (χ1v) is 8.50. The lowest BCUT2D eigenvalue weighted by atomic mass is 10.0. The van der Waals surface area contributed by atoms with Crippen LogP contribution in [0.5, 0.6) is 5.75 Å². The molecule has 1 saturated heterocycles. The van der Waals surface area contributed by atoms with Crippen LogP contribution in [0, 0.1) is 6.92 Å². The molecular weight excluding hydrogens is 336 g/mol. The van der Waals surface area contributed by atoms with Gasteiger partial charge in [-0.3, -0.25) is 10.00 Å². The van der Waals surface area contributed by atoms with Crippen LogP contribution in [0.3, 0.4) is 0 Å². The van der Waals surface area contributed by atoms with Crippen LogP contribution < -0.4 is 10.1 Å². The van der Waals surface area contributed by atoms with Crippen LogP contribution in [0.15, 0.2) is 24.3 Å². The van der Waals surface area contributed by atoms with Crippen LogP contribution in [0.2, 0.25) is 0 Å². The lowest BCUT2D eigenvalue weighted by molar-refractivity contribution is 0.0575. The highest BCUT2D eigenvalue weighted by atomic mass is 16.5. The maximum atomic E-state index is 12.7. The molecule has 0 radical (unpaired) electrons. The normalized spacial score (nSPS) is 17.7. The standard InChI is InChI=1S/C18H24N4O4/c1-12-16(14-6-4-5-7-15(14)25-3)17(21(2)20-12)19-18(24)22-8-9-26-11-13(23)10-22/h4-7,13,23H,8-11H2,1-3H3,(H,19,24)/t13-/m0/s1. The Hall–Kier alpha value is -2.58. The number of nitrogens with zero attached hydrogens (tertiary/aromatic N) is 3. The first kappa shape index (κ1) is 18.2. The first-order chi connectivity index (χ1) is 12.5. The number of para-hydroxylation sites is 1. The van der Waals surface area contributed by atoms with Gasteiger partial charge in [-0.1, -0.05) is 18.2 Å². The van der Waals surface area contributed by atoms with E-state index in [9.17, 15) is 9.90 Å². The van der Waals surface area contributed by atoms with Crippen molar-refractivity contribution in [1.82, 2.24) is 14.7 Å². The van der Waals surface area contributed by atoms with E-state index in [1.165, 1.54) is 0 Å². The smallest absolute Gasteiger partial charge is 0.323 e. The third-order valence-electron chi connectivity index (χ3n) is 4.36. The highest BCUT2D eigenvalue weighted by Crippen LogP contribution is 2.37. The molecule has 1 aliphatic heterocycles. The number of rotatable bonds is 3. The Labute approximate surface area is 152 Å². The van der Waals surface area contributed by atoms with Gasteiger partial charge in [0.2, 0.25) is 0 Å². The molecular formula is C18H24N4O4. The van der Waals surface area contributed by atoms with Gasteiger partial charge in [-0.25, -0.2) is 4.79 Å². The Morgan fingerprint density at radius 2 is 2.19 bits per heavy atom. The molecule has 1 fully saturated rings. The summed E-state index contributed by atoms with van der Waals surface area (Å²) in [5, 5.41) is 17.2. The number of β-amino-alcohol motifs (C(OH)–C–C–N with tert-alkyl or cyclic N) is 1. The fraction of sp³-hybridized carbons (Fsp3) is 0.444. The van der Waals surface area contributed by atoms with Crippen molar-refractivity contribution >= 4 is 11.8 Å². The number of aliphatic hydroxyl groups is 1. The second-order valence-electron chi connectivity index (χ2n) is 6.24. The molecule has 1 aromatic heterocycles. The lowest BCUT2D eigenvalue weighted by Crippen LogP contribution is -2.40. The molecule has 1 atom stereocenters. The van der Waals surface area contributed by atoms with Gasteiger partial charge >= 0.3 is 6.03 Å². The zero-order valence-corrected chi connectivity index (χ0v) is 15.2. The molecule has 2 aromatic rings. The zero-order valence-electron chi connectivity index (χ0n) is 15.2. The van der Waals surface area contributed by atoms with Crippen molar-refractivity contribution < 1.29 is 19.4 Å². The number of anilines is 1. The van der Waals surface area contributed by atoms with E-state index in [2.05, 4.69) is 10.4 Å². The van der Waals surface area contributed by atoms with E-state index in [1.807, 2.05) is 31.2 Å². The maximum absolute atomic E-state index is 12.7. The van der Waals surface area contributed by atoms with E-state index in [0.29, 0.717) is 24.7 Å². The number of amides is 2. The number of benzene rings is 1. The number of aryl methyl sites for hydroxylation is 2. The number of nitrogens with one attached hydrogen (secondary N) is 1. The summed E-state index contributed by atoms with van der Waals surface area (Å²) in [6.07, 6.45) is -0.690. The number of ether oxygens (including phenoxy) is 2. The van der Waals surface area contributed by atoms with E-state index in [1.54, 1.807) is 23.7 Å². The molecule has 0 spiro atoms. The highest BCUT2D eigenvalue weighted by Gasteiger charge is 2.25. The molecule has 8 heteroatoms. The van der Waals surface area contributed by atoms with E-state index >= 15 is 0 Å². The van der Waals surface area contributed by atoms with Gasteiger partial charge in [0.15, 0.2) is 0 Å². The Kier molecular flexibility index (Phi) is 5.43. The average molecular weight is 360 g/mol. The van der Waals surface area contributed by atoms with Crippen molar-refractivity contribution in [2.45, 2.75) is 13.0 Å². The minimum atomic E-state index is -0.690. The average Bonchev–Trinajstić information content (AvgIpc) is 2.77. The summed E-state index contributed by atoms with van der Waals surface area (Å²) in [7, 11) is 3.39. The van der Waals surface area contributed by atoms with Crippen molar-refractivity contribution in [3.05, 3.63) is 30.0 Å². The van der Waals surface area contributed by atoms with Crippen LogP contribution >= 0.6 is 0 Å². The summed E-state index contributed by atoms with van der Waals surface area (Å²) in [4.78, 5) is 14.3. The third-order valence-corrected chi connectivity index (χ3v) is 4.36. The van der Waals surface area contributed by atoms with Gasteiger partial charge in [0.1, 0.15) is 11.6 Å². The van der Waals surface area contributed by atoms with E-state index in [-0.39, 0.29) is 19.2 Å². The summed E-state index contributed by atoms with van der Waals surface area (Å²) < 4.78 is 12.4. The van der Waals surface area contributed by atoms with Gasteiger partial charge in [-0.2, -0.15) is 5.10 Å². The van der Waals surface area contributed by atoms with Gasteiger partial charge < -0.3 is 19.5 Å². The number of aliphatic hydroxyl groups excluding tert-OH is 1. The monoisotopic (exact) mass is 360 g/mol. The topological polar surface area (TPSA) is 88.9 Å². The number of hydrogen-bond donors (Lipinski definition) is 2. The van der Waals surface area contributed by atoms with Gasteiger partial charge in [-0.15, -0.1) is 0 Å². The van der Waals surface area contributed by atoms with E-state index < -0.39 is 6.10 Å². The van der Waals surface area contributed by atoms with Crippen LogP contribution in [0.25, 0.3) is 11.1 Å². The minimum absolute atomic E-state index is 0.229. The Bertz CT molecular complexity index is 789. The number of carbonyl (C=O) groups is 1. The molecule has 2 N–H and O–H groups in total. The molecule has 0 unspecified atom stereocenters. The summed E-state index contributed by atoms with van der Waals surface area (Å²) in [6, 6.07) is 7.31. The Balaban J connectivity index is 1.92. The van der Waals surface area contributed by atoms with E-state index in [4.69, 9.17) is 9.47 Å². The zero-order chi connectivity index (χ0) is 18.7. The largest absolute Gasteiger partial charge is 0.496 e. The minimum Gasteiger partial charge on any atom is -0.496 e. The summed E-state index contributed by atoms with van der Waals surface area (Å²) in [5.74, 6) is 1.29. The van der Waals surface area contributed by atoms with Gasteiger partial charge in [0, 0.05) is 19.2 Å². The summed E-state index contributed by atoms with van der Waals surface area (Å²) in [6.45, 7) is 3.17. The van der Waals surface area contributed by atoms with Crippen LogP contribution in [-0.4, -0.2) is 65.3 Å². The van der Waals surface area contributed by atoms with Gasteiger partial charge in [0.25, 0.3) is 0 Å². The number of methoxy groups -OCH3 is 1. The number of hydrogen-bond acceptors (Lipinski definition) is 5. The molecule has 0 aliphatic carbocycles. The molecule has 2 amide bonds.